The zero-order chi connectivity index (χ0) is 15.9. The Hall–Kier alpha value is -1.62. The van der Waals surface area contributed by atoms with E-state index in [1.54, 1.807) is 6.07 Å². The first-order valence-electron chi connectivity index (χ1n) is 7.44. The average molecular weight is 295 g/mol. The van der Waals surface area contributed by atoms with Crippen LogP contribution < -0.4 is 16.6 Å². The quantitative estimate of drug-likeness (QED) is 0.391. The minimum absolute atomic E-state index is 0.0223. The largest absolute Gasteiger partial charge is 0.351 e. The number of unbranched alkanes of at least 4 members (excludes halogenated alkanes) is 2. The van der Waals surface area contributed by atoms with Crippen LogP contribution in [-0.4, -0.2) is 12.5 Å². The molecule has 1 rings (SSSR count). The van der Waals surface area contributed by atoms with E-state index in [-0.39, 0.29) is 22.6 Å². The van der Waals surface area contributed by atoms with Crippen molar-refractivity contribution in [3.63, 3.8) is 0 Å². The fourth-order valence-corrected chi connectivity index (χ4v) is 2.22. The number of carbonyl (C=O) groups excluding carboxylic acids is 1. The van der Waals surface area contributed by atoms with Gasteiger partial charge in [-0.2, -0.15) is 0 Å². The molecule has 118 valence electrons. The van der Waals surface area contributed by atoms with E-state index in [2.05, 4.69) is 31.5 Å². The molecule has 0 aliphatic heterocycles. The highest BCUT2D eigenvalue weighted by atomic mass is 19.1. The number of hydrogen-bond acceptors (Lipinski definition) is 3. The molecule has 1 aromatic rings. The van der Waals surface area contributed by atoms with E-state index in [9.17, 15) is 9.18 Å². The highest BCUT2D eigenvalue weighted by Crippen LogP contribution is 2.23. The minimum atomic E-state index is -0.535. The van der Waals surface area contributed by atoms with Gasteiger partial charge in [-0.3, -0.25) is 10.6 Å². The molecule has 0 saturated heterocycles. The lowest BCUT2D eigenvalue weighted by molar-refractivity contribution is 0.0934. The maximum absolute atomic E-state index is 13.6. The molecule has 0 heterocycles. The number of carbonyl (C=O) groups is 1. The predicted octanol–water partition coefficient (Wildman–Crippen LogP) is 3.45. The second kappa shape index (κ2) is 7.98. The van der Waals surface area contributed by atoms with Crippen molar-refractivity contribution in [3.05, 3.63) is 29.6 Å². The van der Waals surface area contributed by atoms with Crippen molar-refractivity contribution >= 4 is 11.6 Å². The van der Waals surface area contributed by atoms with Crippen LogP contribution in [0.4, 0.5) is 10.1 Å². The zero-order valence-electron chi connectivity index (χ0n) is 13.1. The molecule has 0 fully saturated rings. The van der Waals surface area contributed by atoms with Gasteiger partial charge in [0.1, 0.15) is 5.82 Å². The van der Waals surface area contributed by atoms with Gasteiger partial charge in [-0.15, -0.1) is 0 Å². The maximum atomic E-state index is 13.6. The van der Waals surface area contributed by atoms with Crippen molar-refractivity contribution in [1.82, 2.24) is 5.32 Å². The van der Waals surface area contributed by atoms with Gasteiger partial charge < -0.3 is 10.7 Å². The summed E-state index contributed by atoms with van der Waals surface area (Å²) in [6.07, 6.45) is 4.57. The van der Waals surface area contributed by atoms with Gasteiger partial charge in [0, 0.05) is 6.54 Å². The Morgan fingerprint density at radius 2 is 2.05 bits per heavy atom. The first kappa shape index (κ1) is 17.4. The number of hydrogen-bond donors (Lipinski definition) is 3. The highest BCUT2D eigenvalue weighted by Gasteiger charge is 2.20. The van der Waals surface area contributed by atoms with E-state index in [0.29, 0.717) is 6.54 Å². The van der Waals surface area contributed by atoms with Crippen LogP contribution in [0.25, 0.3) is 0 Å². The highest BCUT2D eigenvalue weighted by molar-refractivity contribution is 5.99. The summed E-state index contributed by atoms with van der Waals surface area (Å²) in [7, 11) is 0. The SMILES string of the molecule is CCCCCC(C)(C)CNC(=O)c1cccc(F)c1NN. The van der Waals surface area contributed by atoms with Crippen molar-refractivity contribution < 1.29 is 9.18 Å². The van der Waals surface area contributed by atoms with Crippen LogP contribution in [0.3, 0.4) is 0 Å². The normalized spacial score (nSPS) is 11.3. The number of rotatable bonds is 8. The number of anilines is 1. The molecule has 0 aromatic heterocycles. The van der Waals surface area contributed by atoms with Crippen molar-refractivity contribution in [1.29, 1.82) is 0 Å². The molecule has 1 aromatic carbocycles. The van der Waals surface area contributed by atoms with Crippen molar-refractivity contribution in [2.75, 3.05) is 12.0 Å². The lowest BCUT2D eigenvalue weighted by Gasteiger charge is -2.25. The van der Waals surface area contributed by atoms with Crippen LogP contribution in [0, 0.1) is 11.2 Å². The fourth-order valence-electron chi connectivity index (χ4n) is 2.22. The number of nitrogens with one attached hydrogen (secondary N) is 2. The van der Waals surface area contributed by atoms with E-state index in [1.807, 2.05) is 0 Å². The summed E-state index contributed by atoms with van der Waals surface area (Å²) in [4.78, 5) is 12.2. The maximum Gasteiger partial charge on any atom is 0.253 e. The third-order valence-corrected chi connectivity index (χ3v) is 3.59. The second-order valence-corrected chi connectivity index (χ2v) is 6.11. The molecule has 0 spiro atoms. The first-order chi connectivity index (χ1) is 9.91. The Morgan fingerprint density at radius 1 is 1.33 bits per heavy atom. The van der Waals surface area contributed by atoms with Gasteiger partial charge in [-0.1, -0.05) is 46.1 Å². The number of halogens is 1. The van der Waals surface area contributed by atoms with E-state index in [4.69, 9.17) is 5.84 Å². The molecule has 0 unspecified atom stereocenters. The summed E-state index contributed by atoms with van der Waals surface area (Å²) in [5.74, 6) is 4.43. The van der Waals surface area contributed by atoms with Crippen LogP contribution in [0.2, 0.25) is 0 Å². The number of nitrogens with two attached hydrogens (primary N) is 1. The number of amides is 1. The first-order valence-corrected chi connectivity index (χ1v) is 7.44. The van der Waals surface area contributed by atoms with Crippen LogP contribution in [0.15, 0.2) is 18.2 Å². The molecule has 0 bridgehead atoms. The minimum Gasteiger partial charge on any atom is -0.351 e. The summed E-state index contributed by atoms with van der Waals surface area (Å²) < 4.78 is 13.6. The van der Waals surface area contributed by atoms with Crippen LogP contribution in [-0.2, 0) is 0 Å². The standard InChI is InChI=1S/C16H26FN3O/c1-4-5-6-10-16(2,3)11-19-15(21)12-8-7-9-13(17)14(12)20-18/h7-9,20H,4-6,10-11,18H2,1-3H3,(H,19,21). The van der Waals surface area contributed by atoms with E-state index in [1.165, 1.54) is 25.0 Å². The predicted molar refractivity (Wildman–Crippen MR) is 84.5 cm³/mol. The Kier molecular flexibility index (Phi) is 6.62. The molecule has 0 atom stereocenters. The summed E-state index contributed by atoms with van der Waals surface area (Å²) in [6.45, 7) is 6.96. The number of benzene rings is 1. The Balaban J connectivity index is 2.63. The monoisotopic (exact) mass is 295 g/mol. The third-order valence-electron chi connectivity index (χ3n) is 3.59. The van der Waals surface area contributed by atoms with Gasteiger partial charge in [0.25, 0.3) is 5.91 Å². The Labute approximate surface area is 126 Å². The molecule has 0 radical (unpaired) electrons. The number of hydrazine groups is 1. The lowest BCUT2D eigenvalue weighted by Crippen LogP contribution is -2.34. The molecule has 21 heavy (non-hydrogen) atoms. The summed E-state index contributed by atoms with van der Waals surface area (Å²) in [5, 5.41) is 2.87. The van der Waals surface area contributed by atoms with Gasteiger partial charge in [-0.25, -0.2) is 4.39 Å². The lowest BCUT2D eigenvalue weighted by atomic mass is 9.87. The molecular formula is C16H26FN3O. The number of nitrogen functional groups attached to an aromatic ring is 1. The fraction of sp³-hybridized carbons (Fsp3) is 0.562. The van der Waals surface area contributed by atoms with Crippen LogP contribution >= 0.6 is 0 Å². The topological polar surface area (TPSA) is 67.2 Å². The summed E-state index contributed by atoms with van der Waals surface area (Å²) >= 11 is 0. The zero-order valence-corrected chi connectivity index (χ0v) is 13.1. The van der Waals surface area contributed by atoms with Gasteiger partial charge >= 0.3 is 0 Å². The molecule has 0 aliphatic rings. The summed E-state index contributed by atoms with van der Waals surface area (Å²) in [5.41, 5.74) is 2.52. The van der Waals surface area contributed by atoms with Crippen molar-refractivity contribution in [2.45, 2.75) is 46.5 Å². The van der Waals surface area contributed by atoms with Crippen LogP contribution in [0.1, 0.15) is 56.8 Å². The van der Waals surface area contributed by atoms with E-state index >= 15 is 0 Å². The van der Waals surface area contributed by atoms with Crippen LogP contribution in [0.5, 0.6) is 0 Å². The van der Waals surface area contributed by atoms with Gasteiger partial charge in [0.2, 0.25) is 0 Å². The molecule has 0 aliphatic carbocycles. The van der Waals surface area contributed by atoms with Crippen molar-refractivity contribution in [2.24, 2.45) is 11.3 Å². The second-order valence-electron chi connectivity index (χ2n) is 6.11. The van der Waals surface area contributed by atoms with Gasteiger partial charge in [-0.05, 0) is 24.0 Å². The molecule has 0 saturated carbocycles. The molecular weight excluding hydrogens is 269 g/mol. The Bertz CT molecular complexity index is 475. The summed E-state index contributed by atoms with van der Waals surface area (Å²) in [6, 6.07) is 4.32. The third kappa shape index (κ3) is 5.34. The molecule has 4 nitrogen and oxygen atoms in total. The van der Waals surface area contributed by atoms with Crippen molar-refractivity contribution in [3.8, 4) is 0 Å². The molecule has 5 heteroatoms. The average Bonchev–Trinajstić information content (AvgIpc) is 2.44. The van der Waals surface area contributed by atoms with E-state index in [0.717, 1.165) is 12.8 Å². The number of para-hydroxylation sites is 1. The van der Waals surface area contributed by atoms with Gasteiger partial charge in [0.15, 0.2) is 0 Å². The van der Waals surface area contributed by atoms with Gasteiger partial charge in [0.05, 0.1) is 11.3 Å². The molecule has 1 amide bonds. The smallest absolute Gasteiger partial charge is 0.253 e. The molecule has 4 N–H and O–H groups in total. The Morgan fingerprint density at radius 3 is 2.67 bits per heavy atom. The van der Waals surface area contributed by atoms with E-state index < -0.39 is 5.82 Å².